The minimum atomic E-state index is -4.79. The van der Waals surface area contributed by atoms with Gasteiger partial charge in [-0.25, -0.2) is 4.79 Å². The third-order valence-electron chi connectivity index (χ3n) is 11.7. The van der Waals surface area contributed by atoms with Crippen molar-refractivity contribution in [2.45, 2.75) is 102 Å². The van der Waals surface area contributed by atoms with Gasteiger partial charge in [0.25, 0.3) is 0 Å². The van der Waals surface area contributed by atoms with Crippen LogP contribution in [0.2, 0.25) is 0 Å². The summed E-state index contributed by atoms with van der Waals surface area (Å²) in [6.07, 6.45) is 7.05. The molecule has 2 fully saturated rings. The van der Waals surface area contributed by atoms with Gasteiger partial charge in [-0.3, -0.25) is 19.5 Å². The number of aliphatic imine (C=N–C) groups is 1. The predicted molar refractivity (Wildman–Crippen MR) is 237 cm³/mol. The van der Waals surface area contributed by atoms with Gasteiger partial charge in [0.15, 0.2) is 5.96 Å². The van der Waals surface area contributed by atoms with Crippen LogP contribution in [0.3, 0.4) is 0 Å². The molecule has 63 heavy (non-hydrogen) atoms. The summed E-state index contributed by atoms with van der Waals surface area (Å²) >= 11 is 0. The number of nitrogens with one attached hydrogen (secondary N) is 4. The number of aromatic nitrogens is 1. The fourth-order valence-electron chi connectivity index (χ4n) is 8.39. The number of likely N-dealkylation sites (tertiary alicyclic amines) is 1. The van der Waals surface area contributed by atoms with Gasteiger partial charge in [-0.15, -0.1) is 13.2 Å². The second-order valence-corrected chi connectivity index (χ2v) is 16.5. The van der Waals surface area contributed by atoms with Crippen molar-refractivity contribution >= 4 is 40.4 Å². The molecule has 3 aromatic carbocycles. The van der Waals surface area contributed by atoms with Crippen molar-refractivity contribution in [1.29, 1.82) is 0 Å². The molecule has 4 amide bonds. The fraction of sp³-hybridized carbons (Fsp3) is 0.478. The summed E-state index contributed by atoms with van der Waals surface area (Å²) in [7, 11) is 1.56. The standard InChI is InChI=1S/C46H60F3N9O5/c1-62-36-17-12-31(13-18-36)25-40(43(60)55-39(11-8-22-52-44(50)51)42(59)53-27-32-9-4-2-5-10-32)56-45(61)54-35-16-21-38-34(29-57-23-6-3-7-24-57)30-58(41(38)26-35)28-33-14-19-37(20-15-33)63-46(47,48)49/h12-21,26,30,32,39-40H,2-11,22-25,27-29H2,1H3,(H,53,59)(H,55,60)(H4,50,51,52)(H2,54,56,61)/t39-,40-/m0/s1. The molecule has 1 aliphatic carbocycles. The number of nitrogens with zero attached hydrogens (tertiary/aromatic N) is 3. The molecule has 14 nitrogen and oxygen atoms in total. The number of alkyl halides is 3. The molecule has 6 rings (SSSR count). The quantitative estimate of drug-likeness (QED) is 0.0347. The highest BCUT2D eigenvalue weighted by atomic mass is 19.4. The first kappa shape index (κ1) is 46.5. The van der Waals surface area contributed by atoms with Crippen molar-refractivity contribution in [2.24, 2.45) is 22.4 Å². The SMILES string of the molecule is COc1ccc(C[C@H](NC(=O)Nc2ccc3c(CN4CCCCC4)cn(Cc4ccc(OC(F)(F)F)cc4)c3c2)C(=O)N[C@@H](CCCN=C(N)N)C(=O)NCC2CCCCC2)cc1. The lowest BCUT2D eigenvalue weighted by Crippen LogP contribution is -2.55. The van der Waals surface area contributed by atoms with E-state index in [0.717, 1.165) is 85.8 Å². The van der Waals surface area contributed by atoms with Crippen molar-refractivity contribution in [3.63, 3.8) is 0 Å². The molecule has 8 N–H and O–H groups in total. The maximum Gasteiger partial charge on any atom is 0.573 e. The Morgan fingerprint density at radius 2 is 1.51 bits per heavy atom. The number of carbonyl (C=O) groups is 3. The molecule has 0 bridgehead atoms. The molecule has 2 heterocycles. The second-order valence-electron chi connectivity index (χ2n) is 16.5. The third-order valence-corrected chi connectivity index (χ3v) is 11.7. The molecule has 0 spiro atoms. The van der Waals surface area contributed by atoms with E-state index in [1.807, 2.05) is 28.8 Å². The average molecular weight is 876 g/mol. The zero-order valence-electron chi connectivity index (χ0n) is 35.9. The summed E-state index contributed by atoms with van der Waals surface area (Å²) in [5.41, 5.74) is 14.9. The van der Waals surface area contributed by atoms with Crippen LogP contribution in [0.15, 0.2) is 77.9 Å². The van der Waals surface area contributed by atoms with Crippen LogP contribution in [0.25, 0.3) is 10.9 Å². The number of halogens is 3. The normalized spacial score (nSPS) is 15.8. The van der Waals surface area contributed by atoms with Gasteiger partial charge in [-0.05, 0) is 111 Å². The van der Waals surface area contributed by atoms with Crippen LogP contribution in [0, 0.1) is 5.92 Å². The second kappa shape index (κ2) is 22.4. The van der Waals surface area contributed by atoms with Crippen LogP contribution >= 0.6 is 0 Å². The van der Waals surface area contributed by atoms with Gasteiger partial charge in [-0.1, -0.05) is 56.0 Å². The maximum absolute atomic E-state index is 14.2. The number of nitrogens with two attached hydrogens (primary N) is 2. The lowest BCUT2D eigenvalue weighted by Gasteiger charge is -2.26. The van der Waals surface area contributed by atoms with Gasteiger partial charge in [0.2, 0.25) is 11.8 Å². The number of benzene rings is 3. The zero-order chi connectivity index (χ0) is 44.8. The number of methoxy groups -OCH3 is 1. The Bertz CT molecular complexity index is 2150. The molecule has 1 aromatic heterocycles. The van der Waals surface area contributed by atoms with Gasteiger partial charge >= 0.3 is 12.4 Å². The molecule has 4 aromatic rings. The van der Waals surface area contributed by atoms with E-state index < -0.39 is 30.4 Å². The number of hydrogen-bond acceptors (Lipinski definition) is 7. The molecular weight excluding hydrogens is 816 g/mol. The highest BCUT2D eigenvalue weighted by Gasteiger charge is 2.31. The van der Waals surface area contributed by atoms with Crippen LogP contribution in [0.4, 0.5) is 23.7 Å². The van der Waals surface area contributed by atoms with Gasteiger partial charge in [0.05, 0.1) is 12.6 Å². The van der Waals surface area contributed by atoms with Crippen molar-refractivity contribution in [3.8, 4) is 11.5 Å². The van der Waals surface area contributed by atoms with Crippen molar-refractivity contribution < 1.29 is 37.0 Å². The fourth-order valence-corrected chi connectivity index (χ4v) is 8.39. The molecule has 0 unspecified atom stereocenters. The van der Waals surface area contributed by atoms with E-state index >= 15 is 0 Å². The first-order valence-electron chi connectivity index (χ1n) is 21.8. The van der Waals surface area contributed by atoms with Crippen LogP contribution < -0.4 is 42.2 Å². The maximum atomic E-state index is 14.2. The van der Waals surface area contributed by atoms with Gasteiger partial charge in [0, 0.05) is 49.9 Å². The summed E-state index contributed by atoms with van der Waals surface area (Å²) in [4.78, 5) is 48.1. The van der Waals surface area contributed by atoms with E-state index in [-0.39, 0.29) is 37.0 Å². The summed E-state index contributed by atoms with van der Waals surface area (Å²) < 4.78 is 49.9. The molecular formula is C46H60F3N9O5. The van der Waals surface area contributed by atoms with E-state index in [9.17, 15) is 27.6 Å². The monoisotopic (exact) mass is 875 g/mol. The zero-order valence-corrected chi connectivity index (χ0v) is 35.9. The van der Waals surface area contributed by atoms with Gasteiger partial charge < -0.3 is 46.8 Å². The Morgan fingerprint density at radius 3 is 2.19 bits per heavy atom. The average Bonchev–Trinajstić information content (AvgIpc) is 3.59. The Morgan fingerprint density at radius 1 is 0.825 bits per heavy atom. The van der Waals surface area contributed by atoms with Crippen LogP contribution in [-0.2, 0) is 29.1 Å². The lowest BCUT2D eigenvalue weighted by molar-refractivity contribution is -0.274. The minimum absolute atomic E-state index is 0.0644. The summed E-state index contributed by atoms with van der Waals surface area (Å²) in [6.45, 7) is 3.85. The number of hydrogen-bond donors (Lipinski definition) is 6. The largest absolute Gasteiger partial charge is 0.573 e. The number of ether oxygens (including phenoxy) is 2. The number of carbonyl (C=O) groups excluding carboxylic acids is 3. The number of fused-ring (bicyclic) bond motifs is 1. The minimum Gasteiger partial charge on any atom is -0.497 e. The van der Waals surface area contributed by atoms with E-state index in [0.29, 0.717) is 36.9 Å². The number of anilines is 1. The van der Waals surface area contributed by atoms with E-state index in [1.165, 1.54) is 25.0 Å². The lowest BCUT2D eigenvalue weighted by atomic mass is 9.89. The molecule has 0 radical (unpaired) electrons. The first-order valence-corrected chi connectivity index (χ1v) is 21.8. The molecule has 1 saturated heterocycles. The summed E-state index contributed by atoms with van der Waals surface area (Å²) in [5, 5.41) is 12.7. The molecule has 2 aliphatic rings. The molecule has 1 aliphatic heterocycles. The van der Waals surface area contributed by atoms with Gasteiger partial charge in [0.1, 0.15) is 23.6 Å². The van der Waals surface area contributed by atoms with Crippen molar-refractivity contribution in [2.75, 3.05) is 38.6 Å². The highest BCUT2D eigenvalue weighted by Crippen LogP contribution is 2.29. The Kier molecular flexibility index (Phi) is 16.5. The summed E-state index contributed by atoms with van der Waals surface area (Å²) in [6, 6.07) is 15.9. The van der Waals surface area contributed by atoms with E-state index in [2.05, 4.69) is 42.1 Å². The molecule has 2 atom stereocenters. The predicted octanol–water partition coefficient (Wildman–Crippen LogP) is 6.55. The summed E-state index contributed by atoms with van der Waals surface area (Å²) in [5.74, 6) is -0.211. The Hall–Kier alpha value is -5.97. The number of guanidine groups is 1. The first-order chi connectivity index (χ1) is 30.3. The number of piperidine rings is 1. The van der Waals surface area contributed by atoms with Crippen molar-refractivity contribution in [3.05, 3.63) is 89.6 Å². The van der Waals surface area contributed by atoms with Crippen LogP contribution in [0.1, 0.15) is 80.9 Å². The van der Waals surface area contributed by atoms with Crippen molar-refractivity contribution in [1.82, 2.24) is 25.4 Å². The topological polar surface area (TPSA) is 190 Å². The molecule has 1 saturated carbocycles. The Balaban J connectivity index is 1.21. The Labute approximate surface area is 366 Å². The molecule has 17 heteroatoms. The number of rotatable bonds is 19. The van der Waals surface area contributed by atoms with Crippen LogP contribution in [-0.4, -0.2) is 85.0 Å². The smallest absolute Gasteiger partial charge is 0.497 e. The van der Waals surface area contributed by atoms with Crippen LogP contribution in [0.5, 0.6) is 11.5 Å². The molecule has 340 valence electrons. The van der Waals surface area contributed by atoms with E-state index in [1.54, 1.807) is 37.4 Å². The van der Waals surface area contributed by atoms with Gasteiger partial charge in [-0.2, -0.15) is 0 Å². The number of urea groups is 1. The third kappa shape index (κ3) is 14.5. The number of amides is 4. The van der Waals surface area contributed by atoms with E-state index in [4.69, 9.17) is 16.2 Å². The highest BCUT2D eigenvalue weighted by molar-refractivity contribution is 5.97.